The van der Waals surface area contributed by atoms with E-state index >= 15 is 0 Å². The number of ether oxygens (including phenoxy) is 1. The van der Waals surface area contributed by atoms with Crippen LogP contribution in [0, 0.1) is 5.41 Å². The number of hydrogen-bond acceptors (Lipinski definition) is 2. The highest BCUT2D eigenvalue weighted by Crippen LogP contribution is 2.51. The van der Waals surface area contributed by atoms with Gasteiger partial charge in [0.2, 0.25) is 5.91 Å². The van der Waals surface area contributed by atoms with Crippen LogP contribution in [0.4, 0.5) is 0 Å². The smallest absolute Gasteiger partial charge is 0.226 e. The Labute approximate surface area is 72.3 Å². The van der Waals surface area contributed by atoms with Crippen molar-refractivity contribution in [2.45, 2.75) is 38.2 Å². The van der Waals surface area contributed by atoms with Gasteiger partial charge in [-0.05, 0) is 32.1 Å². The molecule has 2 N–H and O–H groups in total. The van der Waals surface area contributed by atoms with Gasteiger partial charge >= 0.3 is 0 Å². The molecule has 1 aliphatic carbocycles. The third-order valence-electron chi connectivity index (χ3n) is 3.08. The lowest BCUT2D eigenvalue weighted by atomic mass is 9.92. The predicted molar refractivity (Wildman–Crippen MR) is 44.5 cm³/mol. The summed E-state index contributed by atoms with van der Waals surface area (Å²) < 4.78 is 5.57. The number of nitrogens with two attached hydrogens (primary N) is 1. The van der Waals surface area contributed by atoms with Gasteiger partial charge in [0.05, 0.1) is 11.5 Å². The number of carbonyl (C=O) groups excluding carboxylic acids is 1. The molecule has 3 nitrogen and oxygen atoms in total. The Morgan fingerprint density at radius 2 is 2.17 bits per heavy atom. The number of amides is 1. The first-order chi connectivity index (χ1) is 5.76. The molecule has 12 heavy (non-hydrogen) atoms. The fourth-order valence-electron chi connectivity index (χ4n) is 2.04. The predicted octanol–water partition coefficient (Wildman–Crippen LogP) is 0.821. The van der Waals surface area contributed by atoms with Gasteiger partial charge in [0.15, 0.2) is 0 Å². The third kappa shape index (κ3) is 1.12. The molecule has 0 aromatic rings. The molecule has 3 heteroatoms. The largest absolute Gasteiger partial charge is 0.377 e. The van der Waals surface area contributed by atoms with Crippen molar-refractivity contribution in [3.63, 3.8) is 0 Å². The van der Waals surface area contributed by atoms with Crippen molar-refractivity contribution in [1.29, 1.82) is 0 Å². The summed E-state index contributed by atoms with van der Waals surface area (Å²) in [6.07, 6.45) is 5.33. The van der Waals surface area contributed by atoms with E-state index in [0.717, 1.165) is 32.3 Å². The van der Waals surface area contributed by atoms with Crippen molar-refractivity contribution >= 4 is 5.91 Å². The zero-order valence-corrected chi connectivity index (χ0v) is 7.21. The molecule has 0 aromatic heterocycles. The minimum Gasteiger partial charge on any atom is -0.377 e. The number of hydrogen-bond donors (Lipinski definition) is 1. The summed E-state index contributed by atoms with van der Waals surface area (Å²) >= 11 is 0. The van der Waals surface area contributed by atoms with E-state index < -0.39 is 0 Å². The Morgan fingerprint density at radius 3 is 2.58 bits per heavy atom. The van der Waals surface area contributed by atoms with Crippen LogP contribution in [0.3, 0.4) is 0 Å². The number of rotatable bonds is 2. The van der Waals surface area contributed by atoms with Crippen LogP contribution in [0.1, 0.15) is 32.1 Å². The molecule has 2 fully saturated rings. The normalized spacial score (nSPS) is 32.8. The molecule has 1 aliphatic heterocycles. The second-order valence-corrected chi connectivity index (χ2v) is 3.88. The molecule has 68 valence electrons. The Morgan fingerprint density at radius 1 is 1.42 bits per heavy atom. The summed E-state index contributed by atoms with van der Waals surface area (Å²) in [7, 11) is 0. The van der Waals surface area contributed by atoms with Crippen molar-refractivity contribution < 1.29 is 9.53 Å². The molecule has 1 amide bonds. The summed E-state index contributed by atoms with van der Waals surface area (Å²) in [5, 5.41) is 0. The van der Waals surface area contributed by atoms with Crippen LogP contribution in [0.15, 0.2) is 0 Å². The maximum atomic E-state index is 11.1. The average molecular weight is 169 g/mol. The van der Waals surface area contributed by atoms with Crippen molar-refractivity contribution in [3.8, 4) is 0 Å². The molecule has 0 radical (unpaired) electrons. The molecule has 0 spiro atoms. The zero-order valence-electron chi connectivity index (χ0n) is 7.21. The second kappa shape index (κ2) is 2.73. The SMILES string of the molecule is NC(=O)C1(C2CCCCO2)CC1. The number of carbonyl (C=O) groups is 1. The average Bonchev–Trinajstić information content (AvgIpc) is 2.86. The van der Waals surface area contributed by atoms with Gasteiger partial charge in [-0.25, -0.2) is 0 Å². The monoisotopic (exact) mass is 169 g/mol. The van der Waals surface area contributed by atoms with Crippen molar-refractivity contribution in [2.75, 3.05) is 6.61 Å². The molecule has 1 saturated heterocycles. The van der Waals surface area contributed by atoms with E-state index in [0.29, 0.717) is 0 Å². The third-order valence-corrected chi connectivity index (χ3v) is 3.08. The fourth-order valence-corrected chi connectivity index (χ4v) is 2.04. The van der Waals surface area contributed by atoms with Crippen LogP contribution in [0.2, 0.25) is 0 Å². The maximum absolute atomic E-state index is 11.1. The van der Waals surface area contributed by atoms with E-state index in [4.69, 9.17) is 10.5 Å². The Hall–Kier alpha value is -0.570. The van der Waals surface area contributed by atoms with Crippen LogP contribution in [-0.2, 0) is 9.53 Å². The summed E-state index contributed by atoms with van der Waals surface area (Å²) in [5.41, 5.74) is 5.08. The maximum Gasteiger partial charge on any atom is 0.226 e. The van der Waals surface area contributed by atoms with Crippen LogP contribution in [0.5, 0.6) is 0 Å². The minimum atomic E-state index is -0.263. The van der Waals surface area contributed by atoms with E-state index in [9.17, 15) is 4.79 Å². The van der Waals surface area contributed by atoms with Crippen LogP contribution < -0.4 is 5.73 Å². The summed E-state index contributed by atoms with van der Waals surface area (Å²) in [4.78, 5) is 11.1. The molecule has 2 aliphatic rings. The highest BCUT2D eigenvalue weighted by molar-refractivity contribution is 5.84. The van der Waals surface area contributed by atoms with Gasteiger partial charge < -0.3 is 10.5 Å². The molecule has 2 rings (SSSR count). The topological polar surface area (TPSA) is 52.3 Å². The Bertz CT molecular complexity index is 193. The fraction of sp³-hybridized carbons (Fsp3) is 0.889. The number of primary amides is 1. The molecular weight excluding hydrogens is 154 g/mol. The van der Waals surface area contributed by atoms with Crippen LogP contribution in [-0.4, -0.2) is 18.6 Å². The lowest BCUT2D eigenvalue weighted by Crippen LogP contribution is -2.39. The highest BCUT2D eigenvalue weighted by atomic mass is 16.5. The summed E-state index contributed by atoms with van der Waals surface area (Å²) in [5.74, 6) is -0.158. The van der Waals surface area contributed by atoms with Crippen molar-refractivity contribution in [3.05, 3.63) is 0 Å². The zero-order chi connectivity index (χ0) is 8.60. The van der Waals surface area contributed by atoms with E-state index in [1.165, 1.54) is 6.42 Å². The molecule has 0 bridgehead atoms. The van der Waals surface area contributed by atoms with E-state index in [-0.39, 0.29) is 17.4 Å². The molecular formula is C9H15NO2. The molecule has 1 unspecified atom stereocenters. The lowest BCUT2D eigenvalue weighted by molar-refractivity contribution is -0.131. The van der Waals surface area contributed by atoms with E-state index in [1.807, 2.05) is 0 Å². The van der Waals surface area contributed by atoms with Crippen LogP contribution >= 0.6 is 0 Å². The van der Waals surface area contributed by atoms with Crippen LogP contribution in [0.25, 0.3) is 0 Å². The second-order valence-electron chi connectivity index (χ2n) is 3.88. The Balaban J connectivity index is 2.02. The first kappa shape index (κ1) is 8.05. The molecule has 1 atom stereocenters. The van der Waals surface area contributed by atoms with Gasteiger partial charge in [0.1, 0.15) is 0 Å². The first-order valence-corrected chi connectivity index (χ1v) is 4.67. The molecule has 1 saturated carbocycles. The van der Waals surface area contributed by atoms with Gasteiger partial charge in [0.25, 0.3) is 0 Å². The van der Waals surface area contributed by atoms with E-state index in [1.54, 1.807) is 0 Å². The summed E-state index contributed by atoms with van der Waals surface area (Å²) in [6, 6.07) is 0. The standard InChI is InChI=1S/C9H15NO2/c10-8(11)9(4-5-9)7-3-1-2-6-12-7/h7H,1-6H2,(H2,10,11). The highest BCUT2D eigenvalue weighted by Gasteiger charge is 2.55. The van der Waals surface area contributed by atoms with Gasteiger partial charge in [-0.15, -0.1) is 0 Å². The van der Waals surface area contributed by atoms with Gasteiger partial charge in [0, 0.05) is 6.61 Å². The van der Waals surface area contributed by atoms with Crippen molar-refractivity contribution in [1.82, 2.24) is 0 Å². The van der Waals surface area contributed by atoms with E-state index in [2.05, 4.69) is 0 Å². The quantitative estimate of drug-likeness (QED) is 0.665. The van der Waals surface area contributed by atoms with Crippen molar-refractivity contribution in [2.24, 2.45) is 11.1 Å². The summed E-state index contributed by atoms with van der Waals surface area (Å²) in [6.45, 7) is 0.805. The molecule has 0 aromatic carbocycles. The lowest BCUT2D eigenvalue weighted by Gasteiger charge is -2.28. The van der Waals surface area contributed by atoms with Gasteiger partial charge in [-0.3, -0.25) is 4.79 Å². The minimum absolute atomic E-state index is 0.128. The Kier molecular flexibility index (Phi) is 1.83. The first-order valence-electron chi connectivity index (χ1n) is 4.67. The van der Waals surface area contributed by atoms with Gasteiger partial charge in [-0.1, -0.05) is 0 Å². The molecule has 1 heterocycles. The van der Waals surface area contributed by atoms with Gasteiger partial charge in [-0.2, -0.15) is 0 Å².